The molecule has 1 aromatic heterocycles. The molecule has 1 saturated heterocycles. The van der Waals surface area contributed by atoms with Gasteiger partial charge in [-0.25, -0.2) is 4.79 Å². The van der Waals surface area contributed by atoms with Gasteiger partial charge in [0.15, 0.2) is 5.82 Å². The van der Waals surface area contributed by atoms with Crippen molar-refractivity contribution in [3.05, 3.63) is 47.1 Å². The molecule has 6 nitrogen and oxygen atoms in total. The molecule has 3 rings (SSSR count). The lowest BCUT2D eigenvalue weighted by atomic mass is 10.2. The van der Waals surface area contributed by atoms with Gasteiger partial charge in [-0.3, -0.25) is 0 Å². The third kappa shape index (κ3) is 3.71. The predicted molar refractivity (Wildman–Crippen MR) is 91.0 cm³/mol. The molecule has 0 saturated carbocycles. The molecule has 1 aliphatic rings. The van der Waals surface area contributed by atoms with E-state index in [2.05, 4.69) is 15.5 Å². The van der Waals surface area contributed by atoms with Gasteiger partial charge in [0, 0.05) is 31.9 Å². The van der Waals surface area contributed by atoms with Crippen LogP contribution >= 0.6 is 11.6 Å². The molecular formula is C16H18ClN5O. The Morgan fingerprint density at radius 1 is 1.13 bits per heavy atom. The number of amides is 2. The molecule has 1 aliphatic heterocycles. The fraction of sp³-hybridized carbons (Fsp3) is 0.312. The largest absolute Gasteiger partial charge is 0.350 e. The summed E-state index contributed by atoms with van der Waals surface area (Å²) >= 11 is 6.14. The minimum Gasteiger partial charge on any atom is -0.350 e. The van der Waals surface area contributed by atoms with Crippen molar-refractivity contribution < 1.29 is 4.79 Å². The third-order valence-electron chi connectivity index (χ3n) is 3.82. The van der Waals surface area contributed by atoms with Gasteiger partial charge in [-0.05, 0) is 25.1 Å². The fourth-order valence-corrected chi connectivity index (χ4v) is 2.70. The Morgan fingerprint density at radius 3 is 2.48 bits per heavy atom. The number of aryl methyl sites for hydroxylation is 1. The summed E-state index contributed by atoms with van der Waals surface area (Å²) < 4.78 is 0. The number of nitrogens with zero attached hydrogens (tertiary/aromatic N) is 4. The number of carbonyl (C=O) groups is 1. The van der Waals surface area contributed by atoms with Crippen molar-refractivity contribution in [2.75, 3.05) is 36.4 Å². The monoisotopic (exact) mass is 331 g/mol. The van der Waals surface area contributed by atoms with Crippen LogP contribution in [0.5, 0.6) is 0 Å². The Labute approximate surface area is 140 Å². The van der Waals surface area contributed by atoms with Crippen molar-refractivity contribution in [1.29, 1.82) is 0 Å². The van der Waals surface area contributed by atoms with Gasteiger partial charge >= 0.3 is 6.03 Å². The molecular weight excluding hydrogens is 314 g/mol. The number of halogens is 1. The second kappa shape index (κ2) is 6.83. The average Bonchev–Trinajstić information content (AvgIpc) is 2.57. The van der Waals surface area contributed by atoms with Gasteiger partial charge in [0.25, 0.3) is 0 Å². The Bertz CT molecular complexity index is 683. The lowest BCUT2D eigenvalue weighted by molar-refractivity contribution is 0.208. The molecule has 0 radical (unpaired) electrons. The molecule has 2 heterocycles. The van der Waals surface area contributed by atoms with Crippen LogP contribution in [0, 0.1) is 6.92 Å². The molecule has 0 spiro atoms. The zero-order valence-corrected chi connectivity index (χ0v) is 13.6. The first-order valence-corrected chi connectivity index (χ1v) is 7.86. The Morgan fingerprint density at radius 2 is 1.83 bits per heavy atom. The van der Waals surface area contributed by atoms with Gasteiger partial charge in [0.05, 0.1) is 11.2 Å². The van der Waals surface area contributed by atoms with E-state index in [1.54, 1.807) is 17.2 Å². The fourth-order valence-electron chi connectivity index (χ4n) is 2.48. The number of urea groups is 1. The van der Waals surface area contributed by atoms with Gasteiger partial charge in [0.2, 0.25) is 0 Å². The van der Waals surface area contributed by atoms with Crippen LogP contribution in [0.15, 0.2) is 36.5 Å². The summed E-state index contributed by atoms with van der Waals surface area (Å²) in [6, 6.07) is 9.40. The van der Waals surface area contributed by atoms with Crippen LogP contribution in [-0.4, -0.2) is 47.3 Å². The topological polar surface area (TPSA) is 61.4 Å². The van der Waals surface area contributed by atoms with E-state index in [-0.39, 0.29) is 6.03 Å². The van der Waals surface area contributed by atoms with E-state index < -0.39 is 0 Å². The highest BCUT2D eigenvalue weighted by atomic mass is 35.5. The summed E-state index contributed by atoms with van der Waals surface area (Å²) in [4.78, 5) is 16.1. The highest BCUT2D eigenvalue weighted by Gasteiger charge is 2.23. The zero-order valence-electron chi connectivity index (χ0n) is 12.9. The molecule has 23 heavy (non-hydrogen) atoms. The maximum Gasteiger partial charge on any atom is 0.321 e. The molecule has 0 aliphatic carbocycles. The number of benzene rings is 1. The number of hydrogen-bond acceptors (Lipinski definition) is 4. The number of rotatable bonds is 2. The minimum atomic E-state index is -0.0845. The maximum absolute atomic E-state index is 12.3. The van der Waals surface area contributed by atoms with Gasteiger partial charge in [0.1, 0.15) is 0 Å². The van der Waals surface area contributed by atoms with Gasteiger partial charge < -0.3 is 15.1 Å². The van der Waals surface area contributed by atoms with Crippen LogP contribution in [0.1, 0.15) is 5.56 Å². The molecule has 7 heteroatoms. The van der Waals surface area contributed by atoms with Crippen molar-refractivity contribution in [3.63, 3.8) is 0 Å². The Hall–Kier alpha value is -2.34. The highest BCUT2D eigenvalue weighted by molar-refractivity contribution is 6.32. The number of carbonyl (C=O) groups excluding carboxylic acids is 1. The normalized spacial score (nSPS) is 14.7. The van der Waals surface area contributed by atoms with Crippen LogP contribution in [0.25, 0.3) is 0 Å². The van der Waals surface area contributed by atoms with Crippen LogP contribution in [0.3, 0.4) is 0 Å². The first-order chi connectivity index (χ1) is 11.1. The maximum atomic E-state index is 12.3. The van der Waals surface area contributed by atoms with Crippen LogP contribution in [-0.2, 0) is 0 Å². The molecule has 2 amide bonds. The van der Waals surface area contributed by atoms with E-state index >= 15 is 0 Å². The SMILES string of the molecule is Cc1ccc(NC(=O)N2CCN(c3nnccc3Cl)CC2)cc1. The lowest BCUT2D eigenvalue weighted by Gasteiger charge is -2.35. The summed E-state index contributed by atoms with van der Waals surface area (Å²) in [5, 5.41) is 11.4. The van der Waals surface area contributed by atoms with Gasteiger partial charge in [-0.1, -0.05) is 29.3 Å². The molecule has 0 bridgehead atoms. The summed E-state index contributed by atoms with van der Waals surface area (Å²) in [7, 11) is 0. The number of piperazine rings is 1. The van der Waals surface area contributed by atoms with Crippen molar-refractivity contribution in [1.82, 2.24) is 15.1 Å². The number of nitrogens with one attached hydrogen (secondary N) is 1. The molecule has 0 atom stereocenters. The summed E-state index contributed by atoms with van der Waals surface area (Å²) in [5.41, 5.74) is 1.97. The average molecular weight is 332 g/mol. The van der Waals surface area contributed by atoms with E-state index in [4.69, 9.17) is 11.6 Å². The first kappa shape index (κ1) is 15.6. The summed E-state index contributed by atoms with van der Waals surface area (Å²) in [6.07, 6.45) is 1.57. The molecule has 1 N–H and O–H groups in total. The molecule has 120 valence electrons. The minimum absolute atomic E-state index is 0.0845. The number of aromatic nitrogens is 2. The molecule has 0 unspecified atom stereocenters. The predicted octanol–water partition coefficient (Wildman–Crippen LogP) is 2.79. The van der Waals surface area contributed by atoms with Crippen LogP contribution < -0.4 is 10.2 Å². The van der Waals surface area contributed by atoms with E-state index in [9.17, 15) is 4.79 Å². The Kier molecular flexibility index (Phi) is 4.62. The van der Waals surface area contributed by atoms with Gasteiger partial charge in [-0.15, -0.1) is 5.10 Å². The summed E-state index contributed by atoms with van der Waals surface area (Å²) in [6.45, 7) is 4.61. The first-order valence-electron chi connectivity index (χ1n) is 7.48. The molecule has 1 fully saturated rings. The van der Waals surface area contributed by atoms with E-state index in [0.717, 1.165) is 11.3 Å². The molecule has 2 aromatic rings. The number of hydrogen-bond donors (Lipinski definition) is 1. The van der Waals surface area contributed by atoms with E-state index in [1.807, 2.05) is 36.1 Å². The van der Waals surface area contributed by atoms with Crippen molar-refractivity contribution >= 4 is 29.1 Å². The standard InChI is InChI=1S/C16H18ClN5O/c1-12-2-4-13(5-3-12)19-16(23)22-10-8-21(9-11-22)15-14(17)6-7-18-20-15/h2-7H,8-11H2,1H3,(H,19,23). The number of anilines is 2. The zero-order chi connectivity index (χ0) is 16.2. The quantitative estimate of drug-likeness (QED) is 0.919. The smallest absolute Gasteiger partial charge is 0.321 e. The summed E-state index contributed by atoms with van der Waals surface area (Å²) in [5.74, 6) is 0.674. The van der Waals surface area contributed by atoms with Gasteiger partial charge in [-0.2, -0.15) is 5.10 Å². The van der Waals surface area contributed by atoms with Crippen LogP contribution in [0.4, 0.5) is 16.3 Å². The Balaban J connectivity index is 1.57. The second-order valence-electron chi connectivity index (χ2n) is 5.47. The van der Waals surface area contributed by atoms with E-state index in [0.29, 0.717) is 37.0 Å². The molecule has 1 aromatic carbocycles. The van der Waals surface area contributed by atoms with E-state index in [1.165, 1.54) is 0 Å². The highest BCUT2D eigenvalue weighted by Crippen LogP contribution is 2.22. The third-order valence-corrected chi connectivity index (χ3v) is 4.12. The van der Waals surface area contributed by atoms with Crippen LogP contribution in [0.2, 0.25) is 5.02 Å². The second-order valence-corrected chi connectivity index (χ2v) is 5.88. The van der Waals surface area contributed by atoms with Crippen molar-refractivity contribution in [2.24, 2.45) is 0 Å². The van der Waals surface area contributed by atoms with Crippen molar-refractivity contribution in [3.8, 4) is 0 Å². The lowest BCUT2D eigenvalue weighted by Crippen LogP contribution is -2.50. The van der Waals surface area contributed by atoms with Crippen molar-refractivity contribution in [2.45, 2.75) is 6.92 Å².